The van der Waals surface area contributed by atoms with Crippen LogP contribution in [0.25, 0.3) is 0 Å². The molecule has 1 heterocycles. The van der Waals surface area contributed by atoms with Gasteiger partial charge in [0.05, 0.1) is 0 Å². The first-order chi connectivity index (χ1) is 10.1. The number of hydrogen-bond acceptors (Lipinski definition) is 2. The van der Waals surface area contributed by atoms with Crippen LogP contribution in [0.4, 0.5) is 8.78 Å². The molecule has 1 fully saturated rings. The van der Waals surface area contributed by atoms with Gasteiger partial charge in [0.2, 0.25) is 0 Å². The first-order valence-electron chi connectivity index (χ1n) is 8.03. The molecule has 0 radical (unpaired) electrons. The lowest BCUT2D eigenvalue weighted by molar-refractivity contribution is 0.129. The molecule has 2 rings (SSSR count). The van der Waals surface area contributed by atoms with Gasteiger partial charge in [-0.3, -0.25) is 4.90 Å². The molecule has 2 unspecified atom stereocenters. The van der Waals surface area contributed by atoms with Gasteiger partial charge in [-0.05, 0) is 49.5 Å². The highest BCUT2D eigenvalue weighted by atomic mass is 19.2. The number of hydrogen-bond donors (Lipinski definition) is 1. The van der Waals surface area contributed by atoms with Gasteiger partial charge in [-0.2, -0.15) is 0 Å². The average Bonchev–Trinajstić information content (AvgIpc) is 2.49. The maximum atomic E-state index is 13.3. The fourth-order valence-electron chi connectivity index (χ4n) is 3.16. The molecule has 0 aliphatic carbocycles. The van der Waals surface area contributed by atoms with Gasteiger partial charge in [0.15, 0.2) is 11.6 Å². The topological polar surface area (TPSA) is 15.3 Å². The molecule has 2 atom stereocenters. The van der Waals surface area contributed by atoms with Crippen LogP contribution in [0.1, 0.15) is 38.7 Å². The van der Waals surface area contributed by atoms with Crippen LogP contribution in [0.3, 0.4) is 0 Å². The van der Waals surface area contributed by atoms with Gasteiger partial charge in [-0.15, -0.1) is 0 Å². The highest BCUT2D eigenvalue weighted by Gasteiger charge is 2.27. The Morgan fingerprint density at radius 1 is 1.24 bits per heavy atom. The Hall–Kier alpha value is -1.00. The van der Waals surface area contributed by atoms with Crippen LogP contribution in [0.15, 0.2) is 18.2 Å². The van der Waals surface area contributed by atoms with Gasteiger partial charge in [0.25, 0.3) is 0 Å². The maximum Gasteiger partial charge on any atom is 0.159 e. The van der Waals surface area contributed by atoms with Crippen molar-refractivity contribution in [2.75, 3.05) is 19.6 Å². The molecule has 118 valence electrons. The summed E-state index contributed by atoms with van der Waals surface area (Å²) in [5.41, 5.74) is 0.851. The smallest absolute Gasteiger partial charge is 0.159 e. The monoisotopic (exact) mass is 296 g/mol. The summed E-state index contributed by atoms with van der Waals surface area (Å²) in [4.78, 5) is 2.35. The number of rotatable bonds is 6. The number of nitrogens with one attached hydrogen (secondary N) is 1. The van der Waals surface area contributed by atoms with Gasteiger partial charge in [-0.25, -0.2) is 8.78 Å². The molecule has 1 aromatic carbocycles. The Kier molecular flexibility index (Phi) is 6.12. The molecule has 4 heteroatoms. The molecule has 0 bridgehead atoms. The molecule has 1 aromatic rings. The summed E-state index contributed by atoms with van der Waals surface area (Å²) in [7, 11) is 0. The van der Waals surface area contributed by atoms with E-state index in [1.165, 1.54) is 12.1 Å². The van der Waals surface area contributed by atoms with Crippen LogP contribution in [0.5, 0.6) is 0 Å². The first-order valence-corrected chi connectivity index (χ1v) is 8.03. The second kappa shape index (κ2) is 7.85. The fraction of sp³-hybridized carbons (Fsp3) is 0.647. The second-order valence-corrected chi connectivity index (χ2v) is 6.00. The fourth-order valence-corrected chi connectivity index (χ4v) is 3.16. The number of halogens is 2. The van der Waals surface area contributed by atoms with E-state index in [0.717, 1.165) is 44.5 Å². The van der Waals surface area contributed by atoms with E-state index in [2.05, 4.69) is 24.1 Å². The molecule has 0 amide bonds. The van der Waals surface area contributed by atoms with Gasteiger partial charge < -0.3 is 5.32 Å². The maximum absolute atomic E-state index is 13.3. The SMILES string of the molecule is CCCNC1CCN(Cc2ccc(F)c(F)c2)CC1CC. The summed E-state index contributed by atoms with van der Waals surface area (Å²) in [5, 5.41) is 3.64. The van der Waals surface area contributed by atoms with E-state index in [4.69, 9.17) is 0 Å². The predicted molar refractivity (Wildman–Crippen MR) is 82.1 cm³/mol. The lowest BCUT2D eigenvalue weighted by Crippen LogP contribution is -2.49. The van der Waals surface area contributed by atoms with Gasteiger partial charge in [0, 0.05) is 19.1 Å². The molecule has 0 saturated carbocycles. The molecule has 0 spiro atoms. The van der Waals surface area contributed by atoms with E-state index in [9.17, 15) is 8.78 Å². The molecule has 0 aromatic heterocycles. The third-order valence-electron chi connectivity index (χ3n) is 4.39. The number of piperidine rings is 1. The van der Waals surface area contributed by atoms with Crippen LogP contribution in [0, 0.1) is 17.6 Å². The van der Waals surface area contributed by atoms with Crippen molar-refractivity contribution in [3.05, 3.63) is 35.4 Å². The molecule has 2 nitrogen and oxygen atoms in total. The van der Waals surface area contributed by atoms with Crippen molar-refractivity contribution in [2.45, 2.75) is 45.7 Å². The molecule has 21 heavy (non-hydrogen) atoms. The van der Waals surface area contributed by atoms with Crippen molar-refractivity contribution < 1.29 is 8.78 Å². The zero-order chi connectivity index (χ0) is 15.2. The average molecular weight is 296 g/mol. The number of likely N-dealkylation sites (tertiary alicyclic amines) is 1. The summed E-state index contributed by atoms with van der Waals surface area (Å²) in [6, 6.07) is 4.81. The zero-order valence-electron chi connectivity index (χ0n) is 13.0. The Balaban J connectivity index is 1.92. The van der Waals surface area contributed by atoms with E-state index in [1.54, 1.807) is 6.07 Å². The minimum Gasteiger partial charge on any atom is -0.314 e. The Bertz CT molecular complexity index is 450. The van der Waals surface area contributed by atoms with Gasteiger partial charge >= 0.3 is 0 Å². The highest BCUT2D eigenvalue weighted by molar-refractivity contribution is 5.17. The van der Waals surface area contributed by atoms with Crippen molar-refractivity contribution in [1.29, 1.82) is 0 Å². The van der Waals surface area contributed by atoms with Crippen molar-refractivity contribution in [3.63, 3.8) is 0 Å². The molecule has 1 aliphatic heterocycles. The van der Waals surface area contributed by atoms with E-state index in [-0.39, 0.29) is 0 Å². The number of nitrogens with zero attached hydrogens (tertiary/aromatic N) is 1. The summed E-state index contributed by atoms with van der Waals surface area (Å²) < 4.78 is 26.2. The van der Waals surface area contributed by atoms with E-state index in [0.29, 0.717) is 18.5 Å². The van der Waals surface area contributed by atoms with Gasteiger partial charge in [-0.1, -0.05) is 26.3 Å². The highest BCUT2D eigenvalue weighted by Crippen LogP contribution is 2.22. The van der Waals surface area contributed by atoms with Crippen molar-refractivity contribution in [2.24, 2.45) is 5.92 Å². The van der Waals surface area contributed by atoms with Crippen LogP contribution < -0.4 is 5.32 Å². The lowest BCUT2D eigenvalue weighted by atomic mass is 9.89. The molecular formula is C17H26F2N2. The Morgan fingerprint density at radius 2 is 2.05 bits per heavy atom. The zero-order valence-corrected chi connectivity index (χ0v) is 13.0. The van der Waals surface area contributed by atoms with Crippen LogP contribution in [-0.4, -0.2) is 30.6 Å². The summed E-state index contributed by atoms with van der Waals surface area (Å²) in [5.74, 6) is -0.887. The lowest BCUT2D eigenvalue weighted by Gasteiger charge is -2.39. The minimum atomic E-state index is -0.771. The predicted octanol–water partition coefficient (Wildman–Crippen LogP) is 3.56. The summed E-state index contributed by atoms with van der Waals surface area (Å²) in [6.45, 7) is 8.23. The van der Waals surface area contributed by atoms with E-state index < -0.39 is 11.6 Å². The normalized spacial score (nSPS) is 23.4. The van der Waals surface area contributed by atoms with Crippen LogP contribution in [-0.2, 0) is 6.54 Å². The largest absolute Gasteiger partial charge is 0.314 e. The van der Waals surface area contributed by atoms with Crippen LogP contribution >= 0.6 is 0 Å². The minimum absolute atomic E-state index is 0.594. The quantitative estimate of drug-likeness (QED) is 0.863. The van der Waals surface area contributed by atoms with Gasteiger partial charge in [0.1, 0.15) is 0 Å². The van der Waals surface area contributed by atoms with Crippen molar-refractivity contribution in [1.82, 2.24) is 10.2 Å². The van der Waals surface area contributed by atoms with Crippen molar-refractivity contribution in [3.8, 4) is 0 Å². The standard InChI is InChI=1S/C17H26F2N2/c1-3-8-20-17-7-9-21(12-14(17)4-2)11-13-5-6-15(18)16(19)10-13/h5-6,10,14,17,20H,3-4,7-9,11-12H2,1-2H3. The summed E-state index contributed by atoms with van der Waals surface area (Å²) in [6.07, 6.45) is 3.43. The van der Waals surface area contributed by atoms with E-state index >= 15 is 0 Å². The molecular weight excluding hydrogens is 270 g/mol. The third-order valence-corrected chi connectivity index (χ3v) is 4.39. The Labute approximate surface area is 126 Å². The first kappa shape index (κ1) is 16.4. The second-order valence-electron chi connectivity index (χ2n) is 6.00. The van der Waals surface area contributed by atoms with E-state index in [1.807, 2.05) is 0 Å². The van der Waals surface area contributed by atoms with Crippen molar-refractivity contribution >= 4 is 0 Å². The summed E-state index contributed by atoms with van der Waals surface area (Å²) >= 11 is 0. The third kappa shape index (κ3) is 4.48. The molecule has 1 N–H and O–H groups in total. The van der Waals surface area contributed by atoms with Crippen LogP contribution in [0.2, 0.25) is 0 Å². The number of benzene rings is 1. The molecule has 1 saturated heterocycles. The molecule has 1 aliphatic rings. The Morgan fingerprint density at radius 3 is 2.71 bits per heavy atom.